The molecule has 0 amide bonds. The van der Waals surface area contributed by atoms with Crippen LogP contribution in [0.2, 0.25) is 0 Å². The summed E-state index contributed by atoms with van der Waals surface area (Å²) in [6, 6.07) is 0. The molecule has 0 bridgehead atoms. The molecule has 1 N–H and O–H groups in total. The van der Waals surface area contributed by atoms with Crippen molar-refractivity contribution in [3.63, 3.8) is 0 Å². The van der Waals surface area contributed by atoms with Crippen LogP contribution in [0.5, 0.6) is 0 Å². The molecule has 2 aliphatic carbocycles. The number of hydrogen-bond acceptors (Lipinski definition) is 3. The van der Waals surface area contributed by atoms with Crippen LogP contribution in [0.3, 0.4) is 0 Å². The van der Waals surface area contributed by atoms with E-state index in [2.05, 4.69) is 13.8 Å². The summed E-state index contributed by atoms with van der Waals surface area (Å²) < 4.78 is 11.7. The zero-order valence-electron chi connectivity index (χ0n) is 10.2. The molecule has 0 aromatic heterocycles. The minimum absolute atomic E-state index is 0.196. The van der Waals surface area contributed by atoms with Gasteiger partial charge in [0.05, 0.1) is 19.8 Å². The van der Waals surface area contributed by atoms with Crippen molar-refractivity contribution in [2.75, 3.05) is 19.8 Å². The van der Waals surface area contributed by atoms with Gasteiger partial charge in [-0.05, 0) is 30.1 Å². The third kappa shape index (κ3) is 1.45. The van der Waals surface area contributed by atoms with E-state index >= 15 is 0 Å². The maximum Gasteiger partial charge on any atom is 0.174 e. The number of rotatable bonds is 1. The molecule has 3 unspecified atom stereocenters. The molecule has 3 heteroatoms. The summed E-state index contributed by atoms with van der Waals surface area (Å²) in [5, 5.41) is 9.65. The minimum Gasteiger partial charge on any atom is -0.396 e. The fourth-order valence-corrected chi connectivity index (χ4v) is 4.36. The lowest BCUT2D eigenvalue weighted by molar-refractivity contribution is -0.196. The van der Waals surface area contributed by atoms with Gasteiger partial charge < -0.3 is 14.6 Å². The number of hydrogen-bond donors (Lipinski definition) is 1. The van der Waals surface area contributed by atoms with E-state index in [1.54, 1.807) is 0 Å². The smallest absolute Gasteiger partial charge is 0.174 e. The Labute approximate surface area is 97.1 Å². The molecule has 0 radical (unpaired) electrons. The monoisotopic (exact) mass is 226 g/mol. The Morgan fingerprint density at radius 3 is 2.44 bits per heavy atom. The molecule has 2 saturated carbocycles. The Morgan fingerprint density at radius 2 is 1.81 bits per heavy atom. The van der Waals surface area contributed by atoms with Crippen LogP contribution >= 0.6 is 0 Å². The van der Waals surface area contributed by atoms with E-state index in [4.69, 9.17) is 9.47 Å². The predicted molar refractivity (Wildman–Crippen MR) is 59.8 cm³/mol. The van der Waals surface area contributed by atoms with Crippen LogP contribution in [-0.2, 0) is 9.47 Å². The van der Waals surface area contributed by atoms with Crippen LogP contribution in [0.15, 0.2) is 0 Å². The van der Waals surface area contributed by atoms with Crippen molar-refractivity contribution in [1.29, 1.82) is 0 Å². The van der Waals surface area contributed by atoms with E-state index in [0.29, 0.717) is 30.5 Å². The lowest BCUT2D eigenvalue weighted by atomic mass is 9.84. The normalized spacial score (nSPS) is 44.1. The third-order valence-corrected chi connectivity index (χ3v) is 4.81. The molecule has 1 spiro atoms. The van der Waals surface area contributed by atoms with Crippen molar-refractivity contribution in [1.82, 2.24) is 0 Å². The van der Waals surface area contributed by atoms with E-state index in [1.807, 2.05) is 0 Å². The van der Waals surface area contributed by atoms with E-state index in [0.717, 1.165) is 6.42 Å². The summed E-state index contributed by atoms with van der Waals surface area (Å²) in [4.78, 5) is 0. The van der Waals surface area contributed by atoms with Crippen molar-refractivity contribution in [2.24, 2.45) is 23.2 Å². The summed E-state index contributed by atoms with van der Waals surface area (Å²) in [6.45, 7) is 6.27. The van der Waals surface area contributed by atoms with Gasteiger partial charge in [-0.15, -0.1) is 0 Å². The fourth-order valence-electron chi connectivity index (χ4n) is 4.36. The van der Waals surface area contributed by atoms with Crippen LogP contribution in [0.4, 0.5) is 0 Å². The highest BCUT2D eigenvalue weighted by Crippen LogP contribution is 2.60. The van der Waals surface area contributed by atoms with Gasteiger partial charge in [0.1, 0.15) is 0 Å². The fraction of sp³-hybridized carbons (Fsp3) is 1.00. The van der Waals surface area contributed by atoms with Gasteiger partial charge in [0.25, 0.3) is 0 Å². The number of ether oxygens (including phenoxy) is 2. The highest BCUT2D eigenvalue weighted by Gasteiger charge is 2.60. The second-order valence-electron chi connectivity index (χ2n) is 6.50. The standard InChI is InChI=1S/C13H22O3/c1-12(2)5-9-6-13(15-3-4-16-13)11(8-14)10(9)7-12/h9-11,14H,3-8H2,1-2H3. The average molecular weight is 226 g/mol. The van der Waals surface area contributed by atoms with Gasteiger partial charge >= 0.3 is 0 Å². The summed E-state index contributed by atoms with van der Waals surface area (Å²) in [5.74, 6) is 1.05. The molecule has 3 atom stereocenters. The van der Waals surface area contributed by atoms with Crippen LogP contribution in [0.25, 0.3) is 0 Å². The highest BCUT2D eigenvalue weighted by molar-refractivity contribution is 5.04. The van der Waals surface area contributed by atoms with Gasteiger partial charge in [-0.3, -0.25) is 0 Å². The molecular formula is C13H22O3. The SMILES string of the molecule is CC1(C)CC2CC3(OCCO3)C(CO)C2C1. The first kappa shape index (κ1) is 11.0. The zero-order valence-corrected chi connectivity index (χ0v) is 10.2. The molecule has 0 aromatic carbocycles. The molecule has 0 aromatic rings. The van der Waals surface area contributed by atoms with Gasteiger partial charge in [-0.2, -0.15) is 0 Å². The van der Waals surface area contributed by atoms with E-state index in [-0.39, 0.29) is 12.5 Å². The number of fused-ring (bicyclic) bond motifs is 1. The molecule has 3 nitrogen and oxygen atoms in total. The van der Waals surface area contributed by atoms with Crippen molar-refractivity contribution >= 4 is 0 Å². The predicted octanol–water partition coefficient (Wildman–Crippen LogP) is 1.79. The van der Waals surface area contributed by atoms with Gasteiger partial charge in [-0.1, -0.05) is 13.8 Å². The summed E-state index contributed by atoms with van der Waals surface area (Å²) >= 11 is 0. The molecule has 3 rings (SSSR count). The van der Waals surface area contributed by atoms with Crippen LogP contribution < -0.4 is 0 Å². The summed E-state index contributed by atoms with van der Waals surface area (Å²) in [5.41, 5.74) is 0.433. The first-order valence-corrected chi connectivity index (χ1v) is 6.45. The Bertz CT molecular complexity index is 281. The Kier molecular flexibility index (Phi) is 2.36. The lowest BCUT2D eigenvalue weighted by Crippen LogP contribution is -2.39. The Hall–Kier alpha value is -0.120. The summed E-state index contributed by atoms with van der Waals surface area (Å²) in [6.07, 6.45) is 3.45. The maximum atomic E-state index is 9.65. The number of aliphatic hydroxyl groups excluding tert-OH is 1. The molecule has 3 fully saturated rings. The molecular weight excluding hydrogens is 204 g/mol. The second kappa shape index (κ2) is 3.44. The molecule has 1 saturated heterocycles. The van der Waals surface area contributed by atoms with Crippen molar-refractivity contribution in [2.45, 2.75) is 38.9 Å². The van der Waals surface area contributed by atoms with Gasteiger partial charge in [0.15, 0.2) is 5.79 Å². The molecule has 1 heterocycles. The maximum absolute atomic E-state index is 9.65. The molecule has 16 heavy (non-hydrogen) atoms. The molecule has 3 aliphatic rings. The lowest BCUT2D eigenvalue weighted by Gasteiger charge is -2.32. The van der Waals surface area contributed by atoms with E-state index in [9.17, 15) is 5.11 Å². The Balaban J connectivity index is 1.84. The van der Waals surface area contributed by atoms with Crippen LogP contribution in [0, 0.1) is 23.2 Å². The van der Waals surface area contributed by atoms with Crippen molar-refractivity contribution in [3.8, 4) is 0 Å². The van der Waals surface area contributed by atoms with Crippen LogP contribution in [-0.4, -0.2) is 30.7 Å². The van der Waals surface area contributed by atoms with Gasteiger partial charge in [0, 0.05) is 12.3 Å². The third-order valence-electron chi connectivity index (χ3n) is 4.81. The first-order chi connectivity index (χ1) is 7.56. The largest absolute Gasteiger partial charge is 0.396 e. The average Bonchev–Trinajstić information content (AvgIpc) is 2.80. The van der Waals surface area contributed by atoms with Gasteiger partial charge in [-0.25, -0.2) is 0 Å². The first-order valence-electron chi connectivity index (χ1n) is 6.45. The quantitative estimate of drug-likeness (QED) is 0.741. The summed E-state index contributed by atoms with van der Waals surface area (Å²) in [7, 11) is 0. The van der Waals surface area contributed by atoms with Crippen molar-refractivity contribution < 1.29 is 14.6 Å². The number of aliphatic hydroxyl groups is 1. The molecule has 1 aliphatic heterocycles. The van der Waals surface area contributed by atoms with Gasteiger partial charge in [0.2, 0.25) is 0 Å². The van der Waals surface area contributed by atoms with Crippen molar-refractivity contribution in [3.05, 3.63) is 0 Å². The highest BCUT2D eigenvalue weighted by atomic mass is 16.7. The molecule has 92 valence electrons. The second-order valence-corrected chi connectivity index (χ2v) is 6.50. The topological polar surface area (TPSA) is 38.7 Å². The van der Waals surface area contributed by atoms with E-state index < -0.39 is 5.79 Å². The van der Waals surface area contributed by atoms with Crippen LogP contribution in [0.1, 0.15) is 33.1 Å². The van der Waals surface area contributed by atoms with E-state index in [1.165, 1.54) is 12.8 Å². The Morgan fingerprint density at radius 1 is 1.12 bits per heavy atom. The zero-order chi connectivity index (χ0) is 11.4. The minimum atomic E-state index is -0.430.